The fourth-order valence-electron chi connectivity index (χ4n) is 3.69. The van der Waals surface area contributed by atoms with E-state index in [1.165, 1.54) is 0 Å². The van der Waals surface area contributed by atoms with Gasteiger partial charge in [0.05, 0.1) is 0 Å². The highest BCUT2D eigenvalue weighted by atomic mass is 16.5. The van der Waals surface area contributed by atoms with E-state index in [1.807, 2.05) is 4.90 Å². The molecule has 0 atom stereocenters. The number of hydrogen-bond acceptors (Lipinski definition) is 4. The number of methoxy groups -OCH3 is 1. The van der Waals surface area contributed by atoms with Gasteiger partial charge in [0.1, 0.15) is 5.60 Å². The zero-order chi connectivity index (χ0) is 18.6. The Bertz CT molecular complexity index is 630. The van der Waals surface area contributed by atoms with E-state index in [4.69, 9.17) is 4.74 Å². The number of ether oxygens (including phenoxy) is 1. The van der Waals surface area contributed by atoms with E-state index in [9.17, 15) is 9.59 Å². The second kappa shape index (κ2) is 8.18. The maximum atomic E-state index is 12.7. The van der Waals surface area contributed by atoms with Crippen LogP contribution in [-0.4, -0.2) is 55.6 Å². The van der Waals surface area contributed by atoms with Gasteiger partial charge in [-0.3, -0.25) is 9.59 Å². The summed E-state index contributed by atoms with van der Waals surface area (Å²) in [5.74, 6) is 0.645. The molecule has 2 amide bonds. The average Bonchev–Trinajstić information content (AvgIpc) is 2.69. The van der Waals surface area contributed by atoms with E-state index in [0.717, 1.165) is 39.0 Å². The van der Waals surface area contributed by atoms with Crippen LogP contribution in [-0.2, 0) is 9.53 Å². The zero-order valence-electron chi connectivity index (χ0n) is 15.7. The van der Waals surface area contributed by atoms with E-state index >= 15 is 0 Å². The van der Waals surface area contributed by atoms with Gasteiger partial charge in [-0.1, -0.05) is 6.92 Å². The van der Waals surface area contributed by atoms with Gasteiger partial charge in [0.25, 0.3) is 11.8 Å². The molecule has 0 spiro atoms. The van der Waals surface area contributed by atoms with Crippen LogP contribution in [0.3, 0.4) is 0 Å². The van der Waals surface area contributed by atoms with Crippen molar-refractivity contribution in [1.82, 2.24) is 10.2 Å². The molecule has 2 saturated heterocycles. The van der Waals surface area contributed by atoms with Gasteiger partial charge in [-0.2, -0.15) is 0 Å². The van der Waals surface area contributed by atoms with Gasteiger partial charge in [-0.15, -0.1) is 0 Å². The number of carbonyl (C=O) groups excluding carboxylic acids is 2. The molecular weight excluding hydrogens is 330 g/mol. The summed E-state index contributed by atoms with van der Waals surface area (Å²) in [6, 6.07) is 7.17. The van der Waals surface area contributed by atoms with Crippen molar-refractivity contribution < 1.29 is 14.3 Å². The van der Waals surface area contributed by atoms with E-state index in [-0.39, 0.29) is 11.8 Å². The Hall–Kier alpha value is -1.92. The smallest absolute Gasteiger partial charge is 0.256 e. The molecular formula is C20H29N3O3. The van der Waals surface area contributed by atoms with Crippen LogP contribution in [0.5, 0.6) is 0 Å². The molecule has 6 nitrogen and oxygen atoms in total. The summed E-state index contributed by atoms with van der Waals surface area (Å²) in [5, 5.41) is 6.18. The van der Waals surface area contributed by atoms with Crippen LogP contribution in [0, 0.1) is 5.92 Å². The van der Waals surface area contributed by atoms with Crippen molar-refractivity contribution in [3.63, 3.8) is 0 Å². The maximum Gasteiger partial charge on any atom is 0.256 e. The summed E-state index contributed by atoms with van der Waals surface area (Å²) in [4.78, 5) is 27.2. The first kappa shape index (κ1) is 18.9. The lowest BCUT2D eigenvalue weighted by molar-refractivity contribution is -0.140. The molecule has 1 aromatic rings. The number of benzene rings is 1. The fourth-order valence-corrected chi connectivity index (χ4v) is 3.69. The first-order valence-corrected chi connectivity index (χ1v) is 9.51. The van der Waals surface area contributed by atoms with Gasteiger partial charge in [-0.05, 0) is 69.0 Å². The number of anilines is 1. The van der Waals surface area contributed by atoms with Crippen molar-refractivity contribution in [1.29, 1.82) is 0 Å². The Morgan fingerprint density at radius 2 is 1.77 bits per heavy atom. The monoisotopic (exact) mass is 359 g/mol. The summed E-state index contributed by atoms with van der Waals surface area (Å²) >= 11 is 0. The highest BCUT2D eigenvalue weighted by molar-refractivity contribution is 5.98. The quantitative estimate of drug-likeness (QED) is 0.865. The SMILES string of the molecule is COC1(C(=O)Nc2ccc(C(=O)N3CCC(C)CC3)cc2)CCNCC1. The largest absolute Gasteiger partial charge is 0.368 e. The first-order chi connectivity index (χ1) is 12.5. The van der Waals surface area contributed by atoms with Crippen molar-refractivity contribution in [2.75, 3.05) is 38.6 Å². The Morgan fingerprint density at radius 1 is 1.15 bits per heavy atom. The second-order valence-electron chi connectivity index (χ2n) is 7.45. The Kier molecular flexibility index (Phi) is 5.94. The molecule has 2 heterocycles. The third kappa shape index (κ3) is 4.07. The fraction of sp³-hybridized carbons (Fsp3) is 0.600. The Balaban J connectivity index is 1.62. The molecule has 1 aromatic carbocycles. The van der Waals surface area contributed by atoms with Crippen LogP contribution in [0.2, 0.25) is 0 Å². The molecule has 2 aliphatic heterocycles. The summed E-state index contributed by atoms with van der Waals surface area (Å²) in [5.41, 5.74) is 0.583. The summed E-state index contributed by atoms with van der Waals surface area (Å²) in [7, 11) is 1.59. The number of nitrogens with one attached hydrogen (secondary N) is 2. The third-order valence-corrected chi connectivity index (χ3v) is 5.68. The number of piperidine rings is 2. The van der Waals surface area contributed by atoms with Gasteiger partial charge in [0.15, 0.2) is 0 Å². The molecule has 0 unspecified atom stereocenters. The number of amides is 2. The molecule has 2 aliphatic rings. The van der Waals surface area contributed by atoms with E-state index in [1.54, 1.807) is 31.4 Å². The summed E-state index contributed by atoms with van der Waals surface area (Å²) < 4.78 is 5.55. The predicted molar refractivity (Wildman–Crippen MR) is 101 cm³/mol. The lowest BCUT2D eigenvalue weighted by Gasteiger charge is -2.34. The molecule has 0 bridgehead atoms. The number of nitrogens with zero attached hydrogens (tertiary/aromatic N) is 1. The molecule has 2 N–H and O–H groups in total. The first-order valence-electron chi connectivity index (χ1n) is 9.51. The summed E-state index contributed by atoms with van der Waals surface area (Å²) in [6.45, 7) is 5.41. The minimum atomic E-state index is -0.774. The van der Waals surface area contributed by atoms with Gasteiger partial charge in [0, 0.05) is 31.5 Å². The summed E-state index contributed by atoms with van der Waals surface area (Å²) in [6.07, 6.45) is 3.43. The zero-order valence-corrected chi connectivity index (χ0v) is 15.7. The Labute approximate surface area is 155 Å². The predicted octanol–water partition coefficient (Wildman–Crippen LogP) is 2.27. The molecule has 142 valence electrons. The van der Waals surface area contributed by atoms with E-state index < -0.39 is 5.60 Å². The van der Waals surface area contributed by atoms with Crippen molar-refractivity contribution in [2.24, 2.45) is 5.92 Å². The number of rotatable bonds is 4. The molecule has 3 rings (SSSR count). The number of hydrogen-bond donors (Lipinski definition) is 2. The molecule has 0 aliphatic carbocycles. The number of carbonyl (C=O) groups is 2. The highest BCUT2D eigenvalue weighted by Gasteiger charge is 2.39. The molecule has 0 aromatic heterocycles. The standard InChI is InChI=1S/C20H29N3O3/c1-15-7-13-23(14-8-15)18(24)16-3-5-17(6-4-16)22-19(25)20(26-2)9-11-21-12-10-20/h3-6,15,21H,7-14H2,1-2H3,(H,22,25). The van der Waals surface area contributed by atoms with Gasteiger partial charge in [0.2, 0.25) is 0 Å². The van der Waals surface area contributed by atoms with E-state index in [2.05, 4.69) is 17.6 Å². The minimum absolute atomic E-state index is 0.0708. The molecule has 2 fully saturated rings. The lowest BCUT2D eigenvalue weighted by atomic mass is 9.91. The van der Waals surface area contributed by atoms with Crippen molar-refractivity contribution >= 4 is 17.5 Å². The molecule has 0 radical (unpaired) electrons. The molecule has 6 heteroatoms. The topological polar surface area (TPSA) is 70.7 Å². The van der Waals surface area contributed by atoms with E-state index in [0.29, 0.717) is 30.0 Å². The molecule has 26 heavy (non-hydrogen) atoms. The van der Waals surface area contributed by atoms with Gasteiger partial charge < -0.3 is 20.3 Å². The van der Waals surface area contributed by atoms with Crippen LogP contribution < -0.4 is 10.6 Å². The average molecular weight is 359 g/mol. The highest BCUT2D eigenvalue weighted by Crippen LogP contribution is 2.25. The van der Waals surface area contributed by atoms with Crippen LogP contribution >= 0.6 is 0 Å². The van der Waals surface area contributed by atoms with Crippen molar-refractivity contribution in [3.8, 4) is 0 Å². The van der Waals surface area contributed by atoms with Gasteiger partial charge >= 0.3 is 0 Å². The molecule has 0 saturated carbocycles. The van der Waals surface area contributed by atoms with Crippen LogP contribution in [0.15, 0.2) is 24.3 Å². The van der Waals surface area contributed by atoms with Crippen molar-refractivity contribution in [2.45, 2.75) is 38.2 Å². The second-order valence-corrected chi connectivity index (χ2v) is 7.45. The van der Waals surface area contributed by atoms with Crippen molar-refractivity contribution in [3.05, 3.63) is 29.8 Å². The lowest BCUT2D eigenvalue weighted by Crippen LogP contribution is -2.51. The third-order valence-electron chi connectivity index (χ3n) is 5.68. The van der Waals surface area contributed by atoms with Crippen LogP contribution in [0.1, 0.15) is 43.0 Å². The van der Waals surface area contributed by atoms with Gasteiger partial charge in [-0.25, -0.2) is 0 Å². The maximum absolute atomic E-state index is 12.7. The van der Waals surface area contributed by atoms with Crippen LogP contribution in [0.4, 0.5) is 5.69 Å². The number of likely N-dealkylation sites (tertiary alicyclic amines) is 1. The normalized spacial score (nSPS) is 20.6. The minimum Gasteiger partial charge on any atom is -0.368 e. The van der Waals surface area contributed by atoms with Crippen LogP contribution in [0.25, 0.3) is 0 Å². The Morgan fingerprint density at radius 3 is 2.35 bits per heavy atom.